The second kappa shape index (κ2) is 5.57. The van der Waals surface area contributed by atoms with E-state index in [4.69, 9.17) is 0 Å². The van der Waals surface area contributed by atoms with Crippen LogP contribution in [0, 0.1) is 5.92 Å². The van der Waals surface area contributed by atoms with Gasteiger partial charge < -0.3 is 4.90 Å². The molecule has 0 radical (unpaired) electrons. The minimum absolute atomic E-state index is 0.156. The average Bonchev–Trinajstić information content (AvgIpc) is 3.03. The molecule has 20 heavy (non-hydrogen) atoms. The van der Waals surface area contributed by atoms with Gasteiger partial charge in [0.1, 0.15) is 6.04 Å². The van der Waals surface area contributed by atoms with Crippen molar-refractivity contribution >= 4 is 5.91 Å². The average molecular weight is 272 g/mol. The number of carbonyl (C=O) groups is 1. The zero-order chi connectivity index (χ0) is 14.1. The number of hydrogen-bond acceptors (Lipinski definition) is 2. The van der Waals surface area contributed by atoms with Crippen molar-refractivity contribution in [3.63, 3.8) is 0 Å². The lowest BCUT2D eigenvalue weighted by atomic mass is 10.1. The zero-order valence-corrected chi connectivity index (χ0v) is 12.4. The third-order valence-corrected chi connectivity index (χ3v) is 4.78. The first-order chi connectivity index (χ1) is 9.70. The highest BCUT2D eigenvalue weighted by Crippen LogP contribution is 2.35. The number of amides is 1. The van der Waals surface area contributed by atoms with Crippen LogP contribution in [0.4, 0.5) is 0 Å². The normalized spacial score (nSPS) is 33.9. The molecule has 1 N–H and O–H groups in total. The van der Waals surface area contributed by atoms with Crippen molar-refractivity contribution in [1.82, 2.24) is 10.2 Å². The van der Waals surface area contributed by atoms with Gasteiger partial charge in [-0.05, 0) is 37.2 Å². The van der Waals surface area contributed by atoms with E-state index in [1.54, 1.807) is 0 Å². The highest BCUT2D eigenvalue weighted by molar-refractivity contribution is 5.86. The van der Waals surface area contributed by atoms with Crippen LogP contribution in [0.2, 0.25) is 0 Å². The summed E-state index contributed by atoms with van der Waals surface area (Å²) in [5.74, 6) is 1.02. The van der Waals surface area contributed by atoms with E-state index in [1.807, 2.05) is 30.3 Å². The molecule has 1 aliphatic heterocycles. The number of carbonyl (C=O) groups excluding carboxylic acids is 1. The van der Waals surface area contributed by atoms with Gasteiger partial charge in [0.05, 0.1) is 6.17 Å². The molecule has 3 rings (SSSR count). The van der Waals surface area contributed by atoms with Crippen LogP contribution in [0.15, 0.2) is 30.3 Å². The summed E-state index contributed by atoms with van der Waals surface area (Å²) in [6.45, 7) is 4.45. The smallest absolute Gasteiger partial charge is 0.245 e. The summed E-state index contributed by atoms with van der Waals surface area (Å²) in [6.07, 6.45) is 4.74. The predicted molar refractivity (Wildman–Crippen MR) is 80.0 cm³/mol. The molecule has 2 aliphatic rings. The van der Waals surface area contributed by atoms with Crippen LogP contribution in [0.1, 0.15) is 51.1 Å². The van der Waals surface area contributed by atoms with Crippen molar-refractivity contribution in [2.24, 2.45) is 5.92 Å². The maximum absolute atomic E-state index is 12.8. The Balaban J connectivity index is 1.82. The van der Waals surface area contributed by atoms with Crippen molar-refractivity contribution in [3.8, 4) is 0 Å². The summed E-state index contributed by atoms with van der Waals surface area (Å²) in [4.78, 5) is 15.0. The molecule has 108 valence electrons. The first-order valence-electron chi connectivity index (χ1n) is 7.84. The molecule has 0 bridgehead atoms. The summed E-state index contributed by atoms with van der Waals surface area (Å²) in [5.41, 5.74) is 1.09. The Morgan fingerprint density at radius 2 is 2.00 bits per heavy atom. The van der Waals surface area contributed by atoms with Crippen LogP contribution in [0.3, 0.4) is 0 Å². The Hall–Kier alpha value is -1.35. The minimum atomic E-state index is -0.156. The van der Waals surface area contributed by atoms with Crippen LogP contribution in [-0.2, 0) is 4.79 Å². The molecule has 3 heteroatoms. The second-order valence-electron chi connectivity index (χ2n) is 6.25. The summed E-state index contributed by atoms with van der Waals surface area (Å²) < 4.78 is 0. The number of nitrogens with zero attached hydrogens (tertiary/aromatic N) is 1. The third kappa shape index (κ3) is 2.35. The van der Waals surface area contributed by atoms with E-state index in [1.165, 1.54) is 6.42 Å². The lowest BCUT2D eigenvalue weighted by Gasteiger charge is -2.29. The molecule has 1 aliphatic carbocycles. The number of hydrogen-bond donors (Lipinski definition) is 1. The quantitative estimate of drug-likeness (QED) is 0.917. The lowest BCUT2D eigenvalue weighted by molar-refractivity contribution is -0.132. The zero-order valence-electron chi connectivity index (χ0n) is 12.4. The standard InChI is InChI=1S/C17H24N2O/c1-3-15-18-16(13-7-5-4-6-8-13)17(20)19(15)14-10-9-12(2)11-14/h4-8,12,14-16,18H,3,9-11H2,1-2H3. The largest absolute Gasteiger partial charge is 0.323 e. The molecule has 3 nitrogen and oxygen atoms in total. The fraction of sp³-hybridized carbons (Fsp3) is 0.588. The Labute approximate surface area is 121 Å². The van der Waals surface area contributed by atoms with Gasteiger partial charge in [-0.3, -0.25) is 10.1 Å². The van der Waals surface area contributed by atoms with Gasteiger partial charge in [0.2, 0.25) is 5.91 Å². The van der Waals surface area contributed by atoms with E-state index in [9.17, 15) is 4.79 Å². The van der Waals surface area contributed by atoms with E-state index < -0.39 is 0 Å². The molecular formula is C17H24N2O. The Morgan fingerprint density at radius 3 is 2.60 bits per heavy atom. The Kier molecular flexibility index (Phi) is 3.79. The van der Waals surface area contributed by atoms with E-state index in [0.29, 0.717) is 6.04 Å². The SMILES string of the molecule is CCC1NC(c2ccccc2)C(=O)N1C1CCC(C)C1. The van der Waals surface area contributed by atoms with E-state index in [2.05, 4.69) is 24.1 Å². The Bertz CT molecular complexity index is 473. The molecule has 0 aromatic heterocycles. The van der Waals surface area contributed by atoms with E-state index in [-0.39, 0.29) is 18.1 Å². The fourth-order valence-corrected chi connectivity index (χ4v) is 3.71. The van der Waals surface area contributed by atoms with Crippen molar-refractivity contribution in [1.29, 1.82) is 0 Å². The monoisotopic (exact) mass is 272 g/mol. The summed E-state index contributed by atoms with van der Waals surface area (Å²) in [7, 11) is 0. The van der Waals surface area contributed by atoms with Crippen LogP contribution >= 0.6 is 0 Å². The van der Waals surface area contributed by atoms with Gasteiger partial charge in [-0.2, -0.15) is 0 Å². The maximum atomic E-state index is 12.8. The molecule has 4 unspecified atom stereocenters. The van der Waals surface area contributed by atoms with Crippen molar-refractivity contribution in [3.05, 3.63) is 35.9 Å². The molecule has 1 saturated carbocycles. The number of nitrogens with one attached hydrogen (secondary N) is 1. The van der Waals surface area contributed by atoms with E-state index >= 15 is 0 Å². The molecule has 4 atom stereocenters. The van der Waals surface area contributed by atoms with Gasteiger partial charge in [0.15, 0.2) is 0 Å². The van der Waals surface area contributed by atoms with Gasteiger partial charge >= 0.3 is 0 Å². The second-order valence-corrected chi connectivity index (χ2v) is 6.25. The number of benzene rings is 1. The first kappa shape index (κ1) is 13.6. The molecule has 0 spiro atoms. The predicted octanol–water partition coefficient (Wildman–Crippen LogP) is 3.08. The third-order valence-electron chi connectivity index (χ3n) is 4.78. The van der Waals surface area contributed by atoms with Gasteiger partial charge in [0, 0.05) is 6.04 Å². The molecule has 1 amide bonds. The topological polar surface area (TPSA) is 32.3 Å². The van der Waals surface area contributed by atoms with Gasteiger partial charge in [-0.15, -0.1) is 0 Å². The van der Waals surface area contributed by atoms with Crippen LogP contribution in [0.25, 0.3) is 0 Å². The van der Waals surface area contributed by atoms with Crippen LogP contribution in [0.5, 0.6) is 0 Å². The van der Waals surface area contributed by atoms with Gasteiger partial charge in [0.25, 0.3) is 0 Å². The molecule has 2 fully saturated rings. The summed E-state index contributed by atoms with van der Waals surface area (Å²) in [5, 5.41) is 3.52. The highest BCUT2D eigenvalue weighted by Gasteiger charge is 2.43. The number of rotatable bonds is 3. The summed E-state index contributed by atoms with van der Waals surface area (Å²) >= 11 is 0. The highest BCUT2D eigenvalue weighted by atomic mass is 16.2. The maximum Gasteiger partial charge on any atom is 0.245 e. The molecular weight excluding hydrogens is 248 g/mol. The fourth-order valence-electron chi connectivity index (χ4n) is 3.71. The molecule has 1 saturated heterocycles. The van der Waals surface area contributed by atoms with Crippen molar-refractivity contribution in [2.45, 2.75) is 57.8 Å². The molecule has 1 heterocycles. The van der Waals surface area contributed by atoms with Crippen LogP contribution < -0.4 is 5.32 Å². The van der Waals surface area contributed by atoms with E-state index in [0.717, 1.165) is 30.7 Å². The van der Waals surface area contributed by atoms with Crippen molar-refractivity contribution in [2.75, 3.05) is 0 Å². The Morgan fingerprint density at radius 1 is 1.25 bits per heavy atom. The lowest BCUT2D eigenvalue weighted by Crippen LogP contribution is -2.43. The van der Waals surface area contributed by atoms with Gasteiger partial charge in [-0.1, -0.05) is 44.2 Å². The minimum Gasteiger partial charge on any atom is -0.323 e. The summed E-state index contributed by atoms with van der Waals surface area (Å²) in [6, 6.07) is 10.4. The van der Waals surface area contributed by atoms with Gasteiger partial charge in [-0.25, -0.2) is 0 Å². The molecule has 1 aromatic carbocycles. The molecule has 1 aromatic rings. The van der Waals surface area contributed by atoms with Crippen molar-refractivity contribution < 1.29 is 4.79 Å². The first-order valence-corrected chi connectivity index (χ1v) is 7.84. The van der Waals surface area contributed by atoms with Crippen LogP contribution in [-0.4, -0.2) is 23.0 Å².